The fraction of sp³-hybridized carbons (Fsp3) is 1.00. The summed E-state index contributed by atoms with van der Waals surface area (Å²) in [7, 11) is 0. The van der Waals surface area contributed by atoms with Crippen LogP contribution in [0.1, 0.15) is 33.1 Å². The Bertz CT molecular complexity index is 187. The molecule has 0 heterocycles. The highest BCUT2D eigenvalue weighted by Crippen LogP contribution is 2.47. The second-order valence-electron chi connectivity index (χ2n) is 3.99. The summed E-state index contributed by atoms with van der Waals surface area (Å²) in [6.45, 7) is 3.70. The van der Waals surface area contributed by atoms with Gasteiger partial charge in [0.05, 0.1) is 6.73 Å². The maximum Gasteiger partial charge on any atom is 0.417 e. The van der Waals surface area contributed by atoms with Gasteiger partial charge in [-0.3, -0.25) is 5.32 Å². The van der Waals surface area contributed by atoms with Crippen molar-refractivity contribution in [1.29, 1.82) is 0 Å². The van der Waals surface area contributed by atoms with Crippen LogP contribution in [0.25, 0.3) is 0 Å². The summed E-state index contributed by atoms with van der Waals surface area (Å²) in [6, 6.07) is 0.139. The summed E-state index contributed by atoms with van der Waals surface area (Å²) < 4.78 is 42.5. The van der Waals surface area contributed by atoms with E-state index in [1.807, 2.05) is 13.8 Å². The normalized spacial score (nSPS) is 21.0. The van der Waals surface area contributed by atoms with Gasteiger partial charge >= 0.3 is 6.18 Å². The molecule has 0 spiro atoms. The van der Waals surface area contributed by atoms with E-state index in [0.717, 1.165) is 0 Å². The first kappa shape index (κ1) is 11.8. The molecule has 0 bridgehead atoms. The number of nitrogens with one attached hydrogen (secondary N) is 1. The lowest BCUT2D eigenvalue weighted by molar-refractivity contribution is -0.306. The van der Waals surface area contributed by atoms with E-state index < -0.39 is 11.8 Å². The maximum absolute atomic E-state index is 12.5. The summed E-state index contributed by atoms with van der Waals surface area (Å²) in [5, 5.41) is 2.82. The molecule has 1 rings (SSSR count). The van der Waals surface area contributed by atoms with E-state index in [9.17, 15) is 13.2 Å². The monoisotopic (exact) mass is 211 g/mol. The lowest BCUT2D eigenvalue weighted by Gasteiger charge is -2.42. The number of hydrogen-bond acceptors (Lipinski definition) is 2. The van der Waals surface area contributed by atoms with Gasteiger partial charge in [0.2, 0.25) is 0 Å². The average molecular weight is 211 g/mol. The molecule has 0 radical (unpaired) electrons. The molecule has 0 aromatic heterocycles. The number of hydrogen-bond donors (Lipinski definition) is 1. The van der Waals surface area contributed by atoms with Crippen molar-refractivity contribution in [1.82, 2.24) is 5.32 Å². The van der Waals surface area contributed by atoms with Gasteiger partial charge in [0.15, 0.2) is 5.60 Å². The van der Waals surface area contributed by atoms with Crippen molar-refractivity contribution >= 4 is 0 Å². The molecule has 2 nitrogen and oxygen atoms in total. The Hall–Kier alpha value is -0.290. The predicted molar refractivity (Wildman–Crippen MR) is 46.9 cm³/mol. The van der Waals surface area contributed by atoms with E-state index in [1.165, 1.54) is 0 Å². The van der Waals surface area contributed by atoms with Crippen LogP contribution < -0.4 is 5.32 Å². The number of ether oxygens (including phenoxy) is 1. The largest absolute Gasteiger partial charge is 0.417 e. The minimum Gasteiger partial charge on any atom is -0.350 e. The molecule has 84 valence electrons. The van der Waals surface area contributed by atoms with Crippen molar-refractivity contribution in [2.75, 3.05) is 6.73 Å². The summed E-state index contributed by atoms with van der Waals surface area (Å²) in [4.78, 5) is 0. The van der Waals surface area contributed by atoms with Gasteiger partial charge in [-0.15, -0.1) is 0 Å². The molecule has 1 aliphatic rings. The van der Waals surface area contributed by atoms with Gasteiger partial charge in [-0.1, -0.05) is 0 Å². The van der Waals surface area contributed by atoms with Crippen molar-refractivity contribution in [3.63, 3.8) is 0 Å². The summed E-state index contributed by atoms with van der Waals surface area (Å²) in [6.07, 6.45) is -3.45. The fourth-order valence-electron chi connectivity index (χ4n) is 1.35. The maximum atomic E-state index is 12.5. The van der Waals surface area contributed by atoms with E-state index in [4.69, 9.17) is 4.74 Å². The first-order chi connectivity index (χ1) is 6.37. The Balaban J connectivity index is 2.39. The third-order valence-corrected chi connectivity index (χ3v) is 2.52. The van der Waals surface area contributed by atoms with Crippen LogP contribution in [-0.4, -0.2) is 24.6 Å². The lowest BCUT2D eigenvalue weighted by Crippen LogP contribution is -2.54. The van der Waals surface area contributed by atoms with Crippen molar-refractivity contribution < 1.29 is 17.9 Å². The van der Waals surface area contributed by atoms with E-state index in [1.54, 1.807) is 0 Å². The molecule has 1 fully saturated rings. The van der Waals surface area contributed by atoms with Crippen LogP contribution in [0.3, 0.4) is 0 Å². The van der Waals surface area contributed by atoms with Gasteiger partial charge in [-0.05, 0) is 33.1 Å². The third kappa shape index (κ3) is 2.39. The molecule has 1 saturated carbocycles. The van der Waals surface area contributed by atoms with Gasteiger partial charge in [0.1, 0.15) is 0 Å². The highest BCUT2D eigenvalue weighted by Gasteiger charge is 2.59. The second-order valence-corrected chi connectivity index (χ2v) is 3.99. The molecule has 0 amide bonds. The standard InChI is InChI=1S/C9H16F3NO/c1-7(2)13-6-14-8(4-3-5-8)9(10,11)12/h7,13H,3-6H2,1-2H3. The fourth-order valence-corrected chi connectivity index (χ4v) is 1.35. The molecule has 1 N–H and O–H groups in total. The molecule has 0 aliphatic heterocycles. The Kier molecular flexibility index (Phi) is 3.42. The molecular weight excluding hydrogens is 195 g/mol. The van der Waals surface area contributed by atoms with E-state index >= 15 is 0 Å². The molecular formula is C9H16F3NO. The van der Waals surface area contributed by atoms with E-state index in [2.05, 4.69) is 5.32 Å². The molecule has 0 unspecified atom stereocenters. The topological polar surface area (TPSA) is 21.3 Å². The molecule has 0 saturated heterocycles. The highest BCUT2D eigenvalue weighted by atomic mass is 19.4. The van der Waals surface area contributed by atoms with Crippen LogP contribution in [0.5, 0.6) is 0 Å². The summed E-state index contributed by atoms with van der Waals surface area (Å²) in [5.41, 5.74) is -1.87. The first-order valence-electron chi connectivity index (χ1n) is 4.81. The van der Waals surface area contributed by atoms with Crippen LogP contribution in [0.2, 0.25) is 0 Å². The van der Waals surface area contributed by atoms with Gasteiger partial charge in [0.25, 0.3) is 0 Å². The second kappa shape index (κ2) is 4.06. The van der Waals surface area contributed by atoms with Crippen LogP contribution in [0, 0.1) is 0 Å². The minimum absolute atomic E-state index is 0.0306. The zero-order valence-electron chi connectivity index (χ0n) is 8.45. The van der Waals surface area contributed by atoms with Gasteiger partial charge in [-0.25, -0.2) is 0 Å². The van der Waals surface area contributed by atoms with Crippen LogP contribution in [-0.2, 0) is 4.74 Å². The quantitative estimate of drug-likeness (QED) is 0.721. The Morgan fingerprint density at radius 2 is 1.93 bits per heavy atom. The predicted octanol–water partition coefficient (Wildman–Crippen LogP) is 2.44. The van der Waals surface area contributed by atoms with Crippen molar-refractivity contribution in [2.45, 2.75) is 50.9 Å². The lowest BCUT2D eigenvalue weighted by atomic mass is 9.79. The molecule has 0 aromatic rings. The number of halogens is 3. The minimum atomic E-state index is -4.23. The van der Waals surface area contributed by atoms with E-state index in [-0.39, 0.29) is 25.6 Å². The zero-order valence-corrected chi connectivity index (χ0v) is 8.45. The van der Waals surface area contributed by atoms with E-state index in [0.29, 0.717) is 6.42 Å². The molecule has 1 aliphatic carbocycles. The Morgan fingerprint density at radius 3 is 2.21 bits per heavy atom. The number of rotatable bonds is 4. The highest BCUT2D eigenvalue weighted by molar-refractivity contribution is 4.96. The number of alkyl halides is 3. The summed E-state index contributed by atoms with van der Waals surface area (Å²) in [5.74, 6) is 0. The molecule has 14 heavy (non-hydrogen) atoms. The molecule has 5 heteroatoms. The molecule has 0 atom stereocenters. The van der Waals surface area contributed by atoms with Crippen LogP contribution >= 0.6 is 0 Å². The van der Waals surface area contributed by atoms with Crippen molar-refractivity contribution in [3.05, 3.63) is 0 Å². The Labute approximate surface area is 81.8 Å². The average Bonchev–Trinajstić information content (AvgIpc) is 1.90. The van der Waals surface area contributed by atoms with Gasteiger partial charge in [0, 0.05) is 6.04 Å². The summed E-state index contributed by atoms with van der Waals surface area (Å²) >= 11 is 0. The van der Waals surface area contributed by atoms with Gasteiger partial charge in [-0.2, -0.15) is 13.2 Å². The molecule has 0 aromatic carbocycles. The van der Waals surface area contributed by atoms with Crippen LogP contribution in [0.4, 0.5) is 13.2 Å². The first-order valence-corrected chi connectivity index (χ1v) is 4.81. The SMILES string of the molecule is CC(C)NCOC1(C(F)(F)F)CCC1. The smallest absolute Gasteiger partial charge is 0.350 e. The third-order valence-electron chi connectivity index (χ3n) is 2.52. The zero-order chi connectivity index (χ0) is 10.8. The van der Waals surface area contributed by atoms with Crippen molar-refractivity contribution in [2.24, 2.45) is 0 Å². The van der Waals surface area contributed by atoms with Crippen molar-refractivity contribution in [3.8, 4) is 0 Å². The van der Waals surface area contributed by atoms with Gasteiger partial charge < -0.3 is 4.74 Å². The van der Waals surface area contributed by atoms with Crippen LogP contribution in [0.15, 0.2) is 0 Å². The Morgan fingerprint density at radius 1 is 1.36 bits per heavy atom.